The maximum absolute atomic E-state index is 14.7. The molecule has 1 aliphatic carbocycles. The summed E-state index contributed by atoms with van der Waals surface area (Å²) >= 11 is 7.50. The van der Waals surface area contributed by atoms with Gasteiger partial charge in [-0.2, -0.15) is 0 Å². The van der Waals surface area contributed by atoms with E-state index in [0.717, 1.165) is 49.4 Å². The van der Waals surface area contributed by atoms with Crippen LogP contribution in [0.15, 0.2) is 46.8 Å². The molecule has 0 amide bonds. The molecule has 2 aromatic rings. The number of nitrogens with one attached hydrogen (secondary N) is 1. The van der Waals surface area contributed by atoms with Gasteiger partial charge in [-0.3, -0.25) is 0 Å². The Kier molecular flexibility index (Phi) is 9.88. The molecule has 2 aromatic carbocycles. The second-order valence-electron chi connectivity index (χ2n) is 11.6. The number of aliphatic hydroxyl groups is 1. The SMILES string of the molecule is CCCc1ccc(F)c(C2=C(Cl)SC(S(=O)(=O)N(C)C[C@H](O)CNC(C)(C)CC3Cc4ccccc4C3)C2)c1. The third kappa shape index (κ3) is 7.46. The van der Waals surface area contributed by atoms with Gasteiger partial charge in [-0.1, -0.05) is 67.0 Å². The number of aryl methyl sites for hydroxylation is 1. The third-order valence-corrected chi connectivity index (χ3v) is 12.0. The Morgan fingerprint density at radius 1 is 1.18 bits per heavy atom. The number of hydrogen-bond donors (Lipinski definition) is 2. The maximum atomic E-state index is 14.7. The number of thioether (sulfide) groups is 1. The van der Waals surface area contributed by atoms with Crippen LogP contribution in [0.3, 0.4) is 0 Å². The number of benzene rings is 2. The lowest BCUT2D eigenvalue weighted by molar-refractivity contribution is 0.135. The predicted molar refractivity (Wildman–Crippen MR) is 161 cm³/mol. The molecule has 0 aromatic heterocycles. The van der Waals surface area contributed by atoms with Crippen molar-refractivity contribution in [1.82, 2.24) is 9.62 Å². The molecule has 5 nitrogen and oxygen atoms in total. The van der Waals surface area contributed by atoms with Crippen LogP contribution < -0.4 is 5.32 Å². The minimum absolute atomic E-state index is 0.0371. The van der Waals surface area contributed by atoms with Gasteiger partial charge in [0, 0.05) is 37.7 Å². The Bertz CT molecular complexity index is 1290. The molecule has 1 aliphatic heterocycles. The molecule has 9 heteroatoms. The van der Waals surface area contributed by atoms with E-state index in [2.05, 4.69) is 50.4 Å². The first-order valence-electron chi connectivity index (χ1n) is 13.7. The number of sulfonamides is 1. The van der Waals surface area contributed by atoms with Gasteiger partial charge in [0.05, 0.1) is 10.5 Å². The van der Waals surface area contributed by atoms with E-state index in [9.17, 15) is 17.9 Å². The zero-order valence-corrected chi connectivity index (χ0v) is 25.6. The van der Waals surface area contributed by atoms with Crippen LogP contribution in [0.5, 0.6) is 0 Å². The molecule has 0 saturated heterocycles. The Balaban J connectivity index is 1.30. The van der Waals surface area contributed by atoms with Crippen molar-refractivity contribution in [1.29, 1.82) is 0 Å². The third-order valence-electron chi connectivity index (χ3n) is 7.72. The normalized spacial score (nSPS) is 19.2. The number of rotatable bonds is 12. The van der Waals surface area contributed by atoms with Crippen molar-refractivity contribution in [2.24, 2.45) is 5.92 Å². The first-order valence-corrected chi connectivity index (χ1v) is 16.4. The van der Waals surface area contributed by atoms with Crippen LogP contribution in [0.2, 0.25) is 0 Å². The monoisotopic (exact) mass is 594 g/mol. The molecule has 1 heterocycles. The zero-order valence-electron chi connectivity index (χ0n) is 23.2. The maximum Gasteiger partial charge on any atom is 0.226 e. The highest BCUT2D eigenvalue weighted by Crippen LogP contribution is 2.48. The number of halogens is 2. The van der Waals surface area contributed by atoms with Gasteiger partial charge in [0.25, 0.3) is 0 Å². The summed E-state index contributed by atoms with van der Waals surface area (Å²) in [5.74, 6) is 0.143. The predicted octanol–water partition coefficient (Wildman–Crippen LogP) is 5.94. The minimum Gasteiger partial charge on any atom is -0.390 e. The van der Waals surface area contributed by atoms with Crippen molar-refractivity contribution in [2.45, 2.75) is 75.5 Å². The molecule has 0 saturated carbocycles. The quantitative estimate of drug-likeness (QED) is 0.318. The molecule has 2 N–H and O–H groups in total. The second-order valence-corrected chi connectivity index (χ2v) is 15.9. The molecule has 0 fully saturated rings. The van der Waals surface area contributed by atoms with Crippen LogP contribution in [0.1, 0.15) is 62.3 Å². The molecule has 0 spiro atoms. The van der Waals surface area contributed by atoms with Gasteiger partial charge in [0.2, 0.25) is 10.0 Å². The van der Waals surface area contributed by atoms with Crippen molar-refractivity contribution >= 4 is 39.0 Å². The summed E-state index contributed by atoms with van der Waals surface area (Å²) in [6, 6.07) is 13.5. The zero-order chi connectivity index (χ0) is 28.4. The summed E-state index contributed by atoms with van der Waals surface area (Å²) in [5.41, 5.74) is 4.53. The average molecular weight is 595 g/mol. The van der Waals surface area contributed by atoms with Crippen molar-refractivity contribution in [2.75, 3.05) is 20.1 Å². The minimum atomic E-state index is -3.78. The molecular weight excluding hydrogens is 555 g/mol. The van der Waals surface area contributed by atoms with E-state index in [4.69, 9.17) is 11.6 Å². The van der Waals surface area contributed by atoms with Gasteiger partial charge < -0.3 is 10.4 Å². The fourth-order valence-corrected chi connectivity index (χ4v) is 9.60. The van der Waals surface area contributed by atoms with E-state index in [1.165, 1.54) is 28.5 Å². The number of nitrogens with zero attached hydrogens (tertiary/aromatic N) is 1. The number of aliphatic hydroxyl groups excluding tert-OH is 1. The molecule has 39 heavy (non-hydrogen) atoms. The molecule has 2 atom stereocenters. The van der Waals surface area contributed by atoms with Gasteiger partial charge in [-0.15, -0.1) is 0 Å². The summed E-state index contributed by atoms with van der Waals surface area (Å²) in [6.07, 6.45) is 4.08. The number of likely N-dealkylation sites (N-methyl/N-ethyl adjacent to an activating group) is 1. The molecular formula is C30H40ClFN2O3S2. The van der Waals surface area contributed by atoms with Crippen molar-refractivity contribution in [3.8, 4) is 0 Å². The van der Waals surface area contributed by atoms with Crippen LogP contribution >= 0.6 is 23.4 Å². The summed E-state index contributed by atoms with van der Waals surface area (Å²) < 4.78 is 42.1. The topological polar surface area (TPSA) is 69.6 Å². The molecule has 0 bridgehead atoms. The number of allylic oxidation sites excluding steroid dienone is 1. The highest BCUT2D eigenvalue weighted by Gasteiger charge is 2.39. The highest BCUT2D eigenvalue weighted by molar-refractivity contribution is 8.16. The Morgan fingerprint density at radius 3 is 2.49 bits per heavy atom. The van der Waals surface area contributed by atoms with Crippen LogP contribution in [-0.2, 0) is 29.3 Å². The molecule has 0 radical (unpaired) electrons. The van der Waals surface area contributed by atoms with Gasteiger partial charge >= 0.3 is 0 Å². The van der Waals surface area contributed by atoms with E-state index < -0.39 is 26.5 Å². The van der Waals surface area contributed by atoms with Crippen molar-refractivity contribution < 1.29 is 17.9 Å². The Morgan fingerprint density at radius 2 is 1.85 bits per heavy atom. The molecule has 4 rings (SSSR count). The average Bonchev–Trinajstić information content (AvgIpc) is 3.46. The standard InChI is InChI=1S/C30H40ClFN2O3S2/c1-5-8-20-11-12-27(32)25(15-20)26-16-28(38-29(26)31)39(36,37)34(4)19-24(35)18-33-30(2,3)17-21-13-22-9-6-7-10-23(22)14-21/h6-7,9-12,15,21,24,28,33,35H,5,8,13-14,16-19H2,1-4H3/t24-,28?/m1/s1. The van der Waals surface area contributed by atoms with Gasteiger partial charge in [-0.05, 0) is 79.8 Å². The number of fused-ring (bicyclic) bond motifs is 1. The van der Waals surface area contributed by atoms with Gasteiger partial charge in [0.1, 0.15) is 10.4 Å². The van der Waals surface area contributed by atoms with E-state index in [1.54, 1.807) is 12.1 Å². The van der Waals surface area contributed by atoms with E-state index in [1.807, 2.05) is 0 Å². The molecule has 2 aliphatic rings. The van der Waals surface area contributed by atoms with E-state index in [-0.39, 0.29) is 25.0 Å². The molecule has 214 valence electrons. The van der Waals surface area contributed by atoms with Crippen LogP contribution in [0, 0.1) is 11.7 Å². The Labute approximate surface area is 242 Å². The summed E-state index contributed by atoms with van der Waals surface area (Å²) in [5, 5.41) is 14.2. The summed E-state index contributed by atoms with van der Waals surface area (Å²) in [7, 11) is -2.30. The Hall–Kier alpha value is -1.42. The van der Waals surface area contributed by atoms with Crippen LogP contribution in [-0.4, -0.2) is 54.2 Å². The highest BCUT2D eigenvalue weighted by atomic mass is 35.5. The first kappa shape index (κ1) is 30.5. The van der Waals surface area contributed by atoms with Crippen LogP contribution in [0.4, 0.5) is 4.39 Å². The molecule has 1 unspecified atom stereocenters. The van der Waals surface area contributed by atoms with E-state index >= 15 is 0 Å². The van der Waals surface area contributed by atoms with Gasteiger partial charge in [-0.25, -0.2) is 17.1 Å². The number of β-amino-alcohol motifs (C(OH)–C–C–N with tert-alkyl or cyclic N) is 1. The first-order chi connectivity index (χ1) is 18.4. The lowest BCUT2D eigenvalue weighted by Gasteiger charge is -2.31. The number of hydrogen-bond acceptors (Lipinski definition) is 5. The van der Waals surface area contributed by atoms with E-state index in [0.29, 0.717) is 21.4 Å². The fraction of sp³-hybridized carbons (Fsp3) is 0.533. The second kappa shape index (κ2) is 12.6. The lowest BCUT2D eigenvalue weighted by Crippen LogP contribution is -2.48. The van der Waals surface area contributed by atoms with Gasteiger partial charge in [0.15, 0.2) is 0 Å². The summed E-state index contributed by atoms with van der Waals surface area (Å²) in [4.78, 5) is 0. The largest absolute Gasteiger partial charge is 0.390 e. The smallest absolute Gasteiger partial charge is 0.226 e. The summed E-state index contributed by atoms with van der Waals surface area (Å²) in [6.45, 7) is 6.55. The lowest BCUT2D eigenvalue weighted by atomic mass is 9.88. The van der Waals surface area contributed by atoms with Crippen LogP contribution in [0.25, 0.3) is 5.57 Å². The van der Waals surface area contributed by atoms with Crippen molar-refractivity contribution in [3.05, 3.63) is 74.9 Å². The van der Waals surface area contributed by atoms with Crippen molar-refractivity contribution in [3.63, 3.8) is 0 Å². The fourth-order valence-electron chi connectivity index (χ4n) is 5.75.